The first-order chi connectivity index (χ1) is 30.2. The molecule has 12 rings (SSSR count). The van der Waals surface area contributed by atoms with Gasteiger partial charge in [0.1, 0.15) is 11.2 Å². The third kappa shape index (κ3) is 5.47. The molecule has 1 nitrogen and oxygen atoms in total. The van der Waals surface area contributed by atoms with Crippen LogP contribution < -0.4 is 0 Å². The Hall–Kier alpha value is -7.48. The minimum Gasteiger partial charge on any atom is -0.455 e. The maximum atomic E-state index is 6.95. The van der Waals surface area contributed by atoms with E-state index < -0.39 is 0 Å². The van der Waals surface area contributed by atoms with Crippen molar-refractivity contribution in [2.45, 2.75) is 26.7 Å². The van der Waals surface area contributed by atoms with Gasteiger partial charge in [-0.05, 0) is 136 Å². The first kappa shape index (κ1) is 35.5. The van der Waals surface area contributed by atoms with Crippen LogP contribution in [0.5, 0.6) is 0 Å². The van der Waals surface area contributed by atoms with E-state index in [1.54, 1.807) is 0 Å². The summed E-state index contributed by atoms with van der Waals surface area (Å²) in [6.07, 6.45) is 1.88. The molecule has 0 unspecified atom stereocenters. The molecule has 12 aromatic rings. The lowest BCUT2D eigenvalue weighted by Crippen LogP contribution is -1.93. The SMILES string of the molecule is CCc1ccccc1-c1ccc2c(oc3c4ccccc4c(-c4ccc5cc(-c6c7ccccc7c(-c7cccc8ccccc78)c7ccccc67)ccc5c4)cc23)c1CC. The predicted octanol–water partition coefficient (Wildman–Crippen LogP) is 17.1. The number of rotatable bonds is 6. The van der Waals surface area contributed by atoms with Crippen LogP contribution >= 0.6 is 0 Å². The molecule has 0 bridgehead atoms. The summed E-state index contributed by atoms with van der Waals surface area (Å²) in [6.45, 7) is 4.48. The van der Waals surface area contributed by atoms with Crippen molar-refractivity contribution in [3.05, 3.63) is 205 Å². The number of benzene rings is 11. The molecule has 1 aromatic heterocycles. The minimum absolute atomic E-state index is 0.891. The molecule has 0 radical (unpaired) electrons. The van der Waals surface area contributed by atoms with Crippen LogP contribution in [0.1, 0.15) is 25.0 Å². The van der Waals surface area contributed by atoms with E-state index in [2.05, 4.69) is 208 Å². The summed E-state index contributed by atoms with van der Waals surface area (Å²) in [7, 11) is 0. The highest BCUT2D eigenvalue weighted by molar-refractivity contribution is 6.24. The van der Waals surface area contributed by atoms with Crippen molar-refractivity contribution in [1.29, 1.82) is 0 Å². The monoisotopic (exact) mass is 778 g/mol. The maximum absolute atomic E-state index is 6.95. The molecule has 288 valence electrons. The topological polar surface area (TPSA) is 13.1 Å². The number of fused-ring (bicyclic) bond motifs is 9. The molecular formula is C60H42O. The predicted molar refractivity (Wildman–Crippen MR) is 262 cm³/mol. The summed E-state index contributed by atoms with van der Waals surface area (Å²) in [5.41, 5.74) is 14.6. The highest BCUT2D eigenvalue weighted by atomic mass is 16.3. The van der Waals surface area contributed by atoms with Crippen LogP contribution in [0.3, 0.4) is 0 Å². The van der Waals surface area contributed by atoms with Gasteiger partial charge >= 0.3 is 0 Å². The van der Waals surface area contributed by atoms with E-state index in [1.807, 2.05) is 0 Å². The van der Waals surface area contributed by atoms with E-state index in [-0.39, 0.29) is 0 Å². The van der Waals surface area contributed by atoms with E-state index in [9.17, 15) is 0 Å². The van der Waals surface area contributed by atoms with E-state index in [0.29, 0.717) is 0 Å². The summed E-state index contributed by atoms with van der Waals surface area (Å²) >= 11 is 0. The van der Waals surface area contributed by atoms with Gasteiger partial charge in [-0.25, -0.2) is 0 Å². The van der Waals surface area contributed by atoms with Gasteiger partial charge in [-0.15, -0.1) is 0 Å². The molecule has 0 amide bonds. The molecule has 61 heavy (non-hydrogen) atoms. The molecule has 0 atom stereocenters. The molecule has 0 aliphatic carbocycles. The Morgan fingerprint density at radius 3 is 1.59 bits per heavy atom. The molecule has 0 fully saturated rings. The molecular weight excluding hydrogens is 737 g/mol. The van der Waals surface area contributed by atoms with Gasteiger partial charge in [0.15, 0.2) is 0 Å². The normalized spacial score (nSPS) is 11.9. The first-order valence-corrected chi connectivity index (χ1v) is 21.6. The summed E-state index contributed by atoms with van der Waals surface area (Å²) in [4.78, 5) is 0. The van der Waals surface area contributed by atoms with Crippen LogP contribution in [0.15, 0.2) is 199 Å². The smallest absolute Gasteiger partial charge is 0.143 e. The van der Waals surface area contributed by atoms with Crippen molar-refractivity contribution >= 4 is 75.8 Å². The molecule has 1 heterocycles. The Morgan fingerprint density at radius 1 is 0.311 bits per heavy atom. The van der Waals surface area contributed by atoms with Crippen LogP contribution in [0, 0.1) is 0 Å². The Balaban J connectivity index is 1.02. The van der Waals surface area contributed by atoms with E-state index in [4.69, 9.17) is 4.42 Å². The molecule has 0 aliphatic rings. The second-order valence-electron chi connectivity index (χ2n) is 16.4. The third-order valence-corrected chi connectivity index (χ3v) is 13.2. The van der Waals surface area contributed by atoms with Crippen LogP contribution in [0.2, 0.25) is 0 Å². The number of furan rings is 1. The Bertz CT molecular complexity index is 3670. The molecule has 0 saturated carbocycles. The second kappa shape index (κ2) is 14.1. The van der Waals surface area contributed by atoms with Gasteiger partial charge in [-0.2, -0.15) is 0 Å². The zero-order valence-electron chi connectivity index (χ0n) is 34.3. The average Bonchev–Trinajstić information content (AvgIpc) is 3.71. The van der Waals surface area contributed by atoms with Crippen LogP contribution in [-0.4, -0.2) is 0 Å². The fraction of sp³-hybridized carbons (Fsp3) is 0.0667. The number of hydrogen-bond donors (Lipinski definition) is 0. The van der Waals surface area contributed by atoms with Crippen molar-refractivity contribution in [3.8, 4) is 44.5 Å². The molecule has 0 spiro atoms. The lowest BCUT2D eigenvalue weighted by Gasteiger charge is -2.19. The zero-order valence-corrected chi connectivity index (χ0v) is 34.3. The van der Waals surface area contributed by atoms with Crippen molar-refractivity contribution in [2.75, 3.05) is 0 Å². The standard InChI is InChI=1S/C60H42O/c1-3-37-16-5-7-19-44(37)47-32-33-54-56-36-55(46-21-9-14-26-53(46)60(56)61-59(54)43(47)4-2)41-30-28-40-35-42(31-29-39(40)34-41)57-49-22-10-12-24-51(49)58(52-25-13-11-23-50(52)57)48-27-15-18-38-17-6-8-20-45(38)48/h5-36H,3-4H2,1-2H3. The van der Waals surface area contributed by atoms with Gasteiger partial charge in [0.2, 0.25) is 0 Å². The highest BCUT2D eigenvalue weighted by Gasteiger charge is 2.21. The number of hydrogen-bond acceptors (Lipinski definition) is 1. The van der Waals surface area contributed by atoms with Crippen molar-refractivity contribution in [3.63, 3.8) is 0 Å². The zero-order chi connectivity index (χ0) is 40.6. The quantitative estimate of drug-likeness (QED) is 0.153. The summed E-state index contributed by atoms with van der Waals surface area (Å²) in [6, 6.07) is 71.8. The third-order valence-electron chi connectivity index (χ3n) is 13.2. The van der Waals surface area contributed by atoms with Gasteiger partial charge < -0.3 is 4.42 Å². The molecule has 0 N–H and O–H groups in total. The Kier molecular flexibility index (Phi) is 8.18. The van der Waals surface area contributed by atoms with E-state index in [0.717, 1.165) is 34.8 Å². The molecule has 1 heteroatoms. The van der Waals surface area contributed by atoms with Crippen LogP contribution in [0.25, 0.3) is 120 Å². The van der Waals surface area contributed by atoms with Gasteiger partial charge in [0, 0.05) is 21.7 Å². The number of aryl methyl sites for hydroxylation is 2. The largest absolute Gasteiger partial charge is 0.455 e. The van der Waals surface area contributed by atoms with Crippen molar-refractivity contribution < 1.29 is 4.42 Å². The van der Waals surface area contributed by atoms with Crippen molar-refractivity contribution in [1.82, 2.24) is 0 Å². The van der Waals surface area contributed by atoms with E-state index in [1.165, 1.54) is 109 Å². The van der Waals surface area contributed by atoms with E-state index >= 15 is 0 Å². The highest BCUT2D eigenvalue weighted by Crippen LogP contribution is 2.47. The summed E-state index contributed by atoms with van der Waals surface area (Å²) < 4.78 is 6.95. The lowest BCUT2D eigenvalue weighted by atomic mass is 9.84. The average molecular weight is 779 g/mol. The van der Waals surface area contributed by atoms with Gasteiger partial charge in [-0.3, -0.25) is 0 Å². The van der Waals surface area contributed by atoms with Crippen molar-refractivity contribution in [2.24, 2.45) is 0 Å². The molecule has 0 aliphatic heterocycles. The first-order valence-electron chi connectivity index (χ1n) is 21.6. The fourth-order valence-corrected chi connectivity index (χ4v) is 10.4. The summed E-state index contributed by atoms with van der Waals surface area (Å²) in [5, 5.41) is 14.7. The van der Waals surface area contributed by atoms with Gasteiger partial charge in [-0.1, -0.05) is 184 Å². The lowest BCUT2D eigenvalue weighted by molar-refractivity contribution is 0.667. The Labute approximate surface area is 355 Å². The minimum atomic E-state index is 0.891. The molecule has 0 saturated heterocycles. The van der Waals surface area contributed by atoms with Gasteiger partial charge in [0.25, 0.3) is 0 Å². The Morgan fingerprint density at radius 2 is 0.869 bits per heavy atom. The van der Waals surface area contributed by atoms with Crippen LogP contribution in [0.4, 0.5) is 0 Å². The fourth-order valence-electron chi connectivity index (χ4n) is 10.4. The maximum Gasteiger partial charge on any atom is 0.143 e. The van der Waals surface area contributed by atoms with Crippen LogP contribution in [-0.2, 0) is 12.8 Å². The van der Waals surface area contributed by atoms with Gasteiger partial charge in [0.05, 0.1) is 0 Å². The molecule has 11 aromatic carbocycles. The summed E-state index contributed by atoms with van der Waals surface area (Å²) in [5.74, 6) is 0. The second-order valence-corrected chi connectivity index (χ2v) is 16.4.